The van der Waals surface area contributed by atoms with Crippen LogP contribution in [-0.4, -0.2) is 0 Å². The van der Waals surface area contributed by atoms with E-state index in [2.05, 4.69) is 44.4 Å². The Morgan fingerprint density at radius 3 is 1.42 bits per heavy atom. The fourth-order valence-corrected chi connectivity index (χ4v) is 4.92. The van der Waals surface area contributed by atoms with E-state index in [1.54, 1.807) is 5.69 Å². The Morgan fingerprint density at radius 1 is 0.516 bits per heavy atom. The van der Waals surface area contributed by atoms with Gasteiger partial charge in [0.2, 0.25) is 0 Å². The number of hydrogen-bond donors (Lipinski definition) is 0. The molecule has 1 heteroatoms. The summed E-state index contributed by atoms with van der Waals surface area (Å²) < 4.78 is 2.63. The molecule has 0 saturated heterocycles. The van der Waals surface area contributed by atoms with E-state index in [-0.39, 0.29) is 0 Å². The molecule has 0 radical (unpaired) electrons. The first-order chi connectivity index (χ1) is 15.2. The van der Waals surface area contributed by atoms with Crippen molar-refractivity contribution in [3.63, 3.8) is 0 Å². The fourth-order valence-electron chi connectivity index (χ4n) is 4.92. The number of hydrogen-bond acceptors (Lipinski definition) is 0. The molecule has 0 aromatic carbocycles. The van der Waals surface area contributed by atoms with E-state index in [9.17, 15) is 0 Å². The number of aryl methyl sites for hydroxylation is 3. The fraction of sp³-hybridized carbons (Fsp3) is 0.833. The molecule has 0 saturated carbocycles. The first-order valence-electron chi connectivity index (χ1n) is 14.2. The molecule has 0 atom stereocenters. The van der Waals surface area contributed by atoms with Crippen molar-refractivity contribution in [1.82, 2.24) is 0 Å². The average Bonchev–Trinajstić information content (AvgIpc) is 2.75. The van der Waals surface area contributed by atoms with Crippen LogP contribution < -0.4 is 4.57 Å². The summed E-state index contributed by atoms with van der Waals surface area (Å²) in [5.74, 6) is 0. The summed E-state index contributed by atoms with van der Waals surface area (Å²) in [6.45, 7) is 10.4. The monoisotopic (exact) mass is 430 g/mol. The summed E-state index contributed by atoms with van der Waals surface area (Å²) in [7, 11) is 0. The van der Waals surface area contributed by atoms with Crippen molar-refractivity contribution in [3.8, 4) is 0 Å². The minimum absolute atomic E-state index is 1.22. The van der Waals surface area contributed by atoms with Crippen LogP contribution in [0.25, 0.3) is 0 Å². The van der Waals surface area contributed by atoms with Crippen LogP contribution in [0.2, 0.25) is 0 Å². The van der Waals surface area contributed by atoms with Gasteiger partial charge in [-0.15, -0.1) is 0 Å². The molecule has 0 aliphatic heterocycles. The quantitative estimate of drug-likeness (QED) is 0.135. The molecular weight excluding hydrogens is 374 g/mol. The molecule has 0 fully saturated rings. The van der Waals surface area contributed by atoms with Gasteiger partial charge in [-0.2, -0.15) is 0 Å². The van der Waals surface area contributed by atoms with Crippen LogP contribution in [0, 0.1) is 13.8 Å². The van der Waals surface area contributed by atoms with Gasteiger partial charge < -0.3 is 0 Å². The summed E-state index contributed by atoms with van der Waals surface area (Å²) in [6.07, 6.45) is 28.2. The summed E-state index contributed by atoms with van der Waals surface area (Å²) in [6, 6.07) is 4.82. The van der Waals surface area contributed by atoms with Gasteiger partial charge in [0.15, 0.2) is 11.4 Å². The Bertz CT molecular complexity index is 533. The van der Waals surface area contributed by atoms with Gasteiger partial charge in [-0.25, -0.2) is 4.57 Å². The van der Waals surface area contributed by atoms with Gasteiger partial charge in [0.1, 0.15) is 6.54 Å². The molecule has 1 aromatic heterocycles. The Morgan fingerprint density at radius 2 is 0.935 bits per heavy atom. The standard InChI is InChI=1S/C30H56N/c1-5-7-9-11-13-15-16-17-18-20-22-24-30-27-28(3)26-29(4)31(30)25-23-21-19-14-12-10-8-6-2/h26-27H,5-25H2,1-4H3/q+1. The average molecular weight is 431 g/mol. The number of aromatic nitrogens is 1. The summed E-state index contributed by atoms with van der Waals surface area (Å²) in [5.41, 5.74) is 4.47. The van der Waals surface area contributed by atoms with Crippen LogP contribution in [0.3, 0.4) is 0 Å². The molecule has 1 nitrogen and oxygen atoms in total. The Hall–Kier alpha value is -0.850. The lowest BCUT2D eigenvalue weighted by Crippen LogP contribution is -2.41. The number of unbranched alkanes of at least 4 members (excludes halogenated alkanes) is 17. The maximum Gasteiger partial charge on any atom is 0.181 e. The van der Waals surface area contributed by atoms with Crippen LogP contribution in [-0.2, 0) is 13.0 Å². The zero-order valence-corrected chi connectivity index (χ0v) is 22.0. The van der Waals surface area contributed by atoms with Gasteiger partial charge >= 0.3 is 0 Å². The minimum Gasteiger partial charge on any atom is -0.200 e. The largest absolute Gasteiger partial charge is 0.200 e. The Balaban J connectivity index is 2.21. The topological polar surface area (TPSA) is 3.88 Å². The van der Waals surface area contributed by atoms with Gasteiger partial charge in [0.25, 0.3) is 0 Å². The van der Waals surface area contributed by atoms with Crippen molar-refractivity contribution < 1.29 is 4.57 Å². The molecule has 0 bridgehead atoms. The van der Waals surface area contributed by atoms with E-state index in [4.69, 9.17) is 0 Å². The second kappa shape index (κ2) is 19.8. The van der Waals surface area contributed by atoms with Crippen molar-refractivity contribution in [2.24, 2.45) is 0 Å². The van der Waals surface area contributed by atoms with Crippen LogP contribution in [0.5, 0.6) is 0 Å². The van der Waals surface area contributed by atoms with E-state index in [0.717, 1.165) is 0 Å². The SMILES string of the molecule is CCCCCCCCCCCCCc1cc(C)cc(C)[n+]1CCCCCCCCCC. The molecular formula is C30H56N+. The lowest BCUT2D eigenvalue weighted by Gasteiger charge is -2.09. The molecule has 0 amide bonds. The van der Waals surface area contributed by atoms with Crippen LogP contribution in [0.1, 0.15) is 153 Å². The lowest BCUT2D eigenvalue weighted by molar-refractivity contribution is -0.710. The van der Waals surface area contributed by atoms with Crippen molar-refractivity contribution in [3.05, 3.63) is 29.1 Å². The maximum atomic E-state index is 2.63. The highest BCUT2D eigenvalue weighted by Crippen LogP contribution is 2.14. The predicted octanol–water partition coefficient (Wildman–Crippen LogP) is 9.59. The molecule has 180 valence electrons. The van der Waals surface area contributed by atoms with Gasteiger partial charge in [-0.1, -0.05) is 117 Å². The second-order valence-corrected chi connectivity index (χ2v) is 10.1. The highest BCUT2D eigenvalue weighted by atomic mass is 15.0. The smallest absolute Gasteiger partial charge is 0.181 e. The molecule has 1 aromatic rings. The molecule has 0 unspecified atom stereocenters. The van der Waals surface area contributed by atoms with Gasteiger partial charge in [-0.05, 0) is 25.3 Å². The zero-order valence-electron chi connectivity index (χ0n) is 22.0. The molecule has 0 N–H and O–H groups in total. The van der Waals surface area contributed by atoms with E-state index < -0.39 is 0 Å². The Labute approximate surface area is 196 Å². The third kappa shape index (κ3) is 14.8. The molecule has 1 heterocycles. The van der Waals surface area contributed by atoms with E-state index >= 15 is 0 Å². The van der Waals surface area contributed by atoms with Crippen LogP contribution in [0.15, 0.2) is 12.1 Å². The zero-order chi connectivity index (χ0) is 22.6. The van der Waals surface area contributed by atoms with Gasteiger partial charge in [0.05, 0.1) is 0 Å². The maximum absolute atomic E-state index is 2.63. The molecule has 31 heavy (non-hydrogen) atoms. The predicted molar refractivity (Wildman–Crippen MR) is 139 cm³/mol. The van der Waals surface area contributed by atoms with Crippen molar-refractivity contribution in [2.75, 3.05) is 0 Å². The van der Waals surface area contributed by atoms with E-state index in [1.807, 2.05) is 0 Å². The first-order valence-corrected chi connectivity index (χ1v) is 14.2. The van der Waals surface area contributed by atoms with Crippen molar-refractivity contribution >= 4 is 0 Å². The molecule has 0 aliphatic rings. The highest BCUT2D eigenvalue weighted by molar-refractivity contribution is 5.14. The summed E-state index contributed by atoms with van der Waals surface area (Å²) in [5, 5.41) is 0. The van der Waals surface area contributed by atoms with E-state index in [1.165, 1.54) is 146 Å². The number of pyridine rings is 1. The molecule has 0 aliphatic carbocycles. The second-order valence-electron chi connectivity index (χ2n) is 10.1. The molecule has 1 rings (SSSR count). The van der Waals surface area contributed by atoms with Gasteiger partial charge in [0, 0.05) is 31.9 Å². The number of nitrogens with zero attached hydrogens (tertiary/aromatic N) is 1. The minimum atomic E-state index is 1.22. The normalized spacial score (nSPS) is 11.4. The van der Waals surface area contributed by atoms with Crippen molar-refractivity contribution in [2.45, 2.75) is 163 Å². The lowest BCUT2D eigenvalue weighted by atomic mass is 10.0. The van der Waals surface area contributed by atoms with Crippen LogP contribution in [0.4, 0.5) is 0 Å². The van der Waals surface area contributed by atoms with E-state index in [0.29, 0.717) is 0 Å². The van der Waals surface area contributed by atoms with Crippen molar-refractivity contribution in [1.29, 1.82) is 0 Å². The Kier molecular flexibility index (Phi) is 18.0. The number of rotatable bonds is 21. The molecule has 0 spiro atoms. The van der Waals surface area contributed by atoms with Gasteiger partial charge in [-0.3, -0.25) is 0 Å². The summed E-state index contributed by atoms with van der Waals surface area (Å²) in [4.78, 5) is 0. The third-order valence-corrected chi connectivity index (χ3v) is 6.88. The first kappa shape index (κ1) is 28.2. The highest BCUT2D eigenvalue weighted by Gasteiger charge is 2.14. The summed E-state index contributed by atoms with van der Waals surface area (Å²) >= 11 is 0. The third-order valence-electron chi connectivity index (χ3n) is 6.88. The van der Waals surface area contributed by atoms with Crippen LogP contribution >= 0.6 is 0 Å².